The molecule has 1 N–H and O–H groups in total. The van der Waals surface area contributed by atoms with Crippen LogP contribution in [0.4, 0.5) is 10.1 Å². The lowest BCUT2D eigenvalue weighted by atomic mass is 10.0. The molecule has 0 radical (unpaired) electrons. The van der Waals surface area contributed by atoms with Crippen LogP contribution < -0.4 is 5.32 Å². The van der Waals surface area contributed by atoms with Gasteiger partial charge in [-0.05, 0) is 25.1 Å². The van der Waals surface area contributed by atoms with Crippen molar-refractivity contribution in [1.29, 1.82) is 0 Å². The normalized spacial score (nSPS) is 14.3. The fourth-order valence-corrected chi connectivity index (χ4v) is 3.39. The number of sulfone groups is 1. The zero-order chi connectivity index (χ0) is 17.0. The van der Waals surface area contributed by atoms with Crippen molar-refractivity contribution < 1.29 is 17.5 Å². The molecule has 2 atom stereocenters. The molecule has 0 aliphatic rings. The maximum atomic E-state index is 14.0. The zero-order valence-electron chi connectivity index (χ0n) is 13.3. The highest BCUT2D eigenvalue weighted by molar-refractivity contribution is 7.90. The van der Waals surface area contributed by atoms with Gasteiger partial charge in [0.25, 0.3) is 0 Å². The van der Waals surface area contributed by atoms with E-state index in [1.165, 1.54) is 19.2 Å². The molecule has 2 unspecified atom stereocenters. The van der Waals surface area contributed by atoms with Crippen molar-refractivity contribution >= 4 is 15.5 Å². The van der Waals surface area contributed by atoms with Gasteiger partial charge in [0.2, 0.25) is 0 Å². The number of para-hydroxylation sites is 1. The van der Waals surface area contributed by atoms with E-state index in [-0.39, 0.29) is 16.8 Å². The first-order valence-corrected chi connectivity index (χ1v) is 9.06. The monoisotopic (exact) mass is 337 g/mol. The SMILES string of the molecule is COC(c1ccccc1F)C(C)Nc1ccccc1S(C)(=O)=O. The van der Waals surface area contributed by atoms with Crippen LogP contribution in [0.25, 0.3) is 0 Å². The minimum absolute atomic E-state index is 0.204. The third kappa shape index (κ3) is 4.09. The summed E-state index contributed by atoms with van der Waals surface area (Å²) in [6, 6.07) is 12.7. The average Bonchev–Trinajstić information content (AvgIpc) is 2.49. The van der Waals surface area contributed by atoms with E-state index in [1.807, 2.05) is 6.92 Å². The summed E-state index contributed by atoms with van der Waals surface area (Å²) in [6.45, 7) is 1.82. The van der Waals surface area contributed by atoms with Crippen LogP contribution in [0.2, 0.25) is 0 Å². The number of hydrogen-bond acceptors (Lipinski definition) is 4. The van der Waals surface area contributed by atoms with Crippen molar-refractivity contribution in [3.05, 3.63) is 59.9 Å². The molecule has 0 aliphatic heterocycles. The van der Waals surface area contributed by atoms with Crippen molar-refractivity contribution in [3.63, 3.8) is 0 Å². The first-order valence-electron chi connectivity index (χ1n) is 7.17. The quantitative estimate of drug-likeness (QED) is 0.877. The molecule has 23 heavy (non-hydrogen) atoms. The zero-order valence-corrected chi connectivity index (χ0v) is 14.1. The van der Waals surface area contributed by atoms with Gasteiger partial charge in [0.05, 0.1) is 16.6 Å². The predicted molar refractivity (Wildman–Crippen MR) is 88.8 cm³/mol. The predicted octanol–water partition coefficient (Wildman–Crippen LogP) is 3.42. The smallest absolute Gasteiger partial charge is 0.177 e. The molecule has 2 rings (SSSR count). The van der Waals surface area contributed by atoms with E-state index < -0.39 is 15.9 Å². The van der Waals surface area contributed by atoms with Gasteiger partial charge in [-0.1, -0.05) is 30.3 Å². The van der Waals surface area contributed by atoms with Crippen molar-refractivity contribution in [2.75, 3.05) is 18.7 Å². The second kappa shape index (κ2) is 7.10. The van der Waals surface area contributed by atoms with Crippen LogP contribution in [0.5, 0.6) is 0 Å². The Labute approximate surface area is 136 Å². The molecule has 0 heterocycles. The molecule has 0 spiro atoms. The molecule has 0 amide bonds. The molecule has 6 heteroatoms. The van der Waals surface area contributed by atoms with Crippen LogP contribution in [-0.2, 0) is 14.6 Å². The lowest BCUT2D eigenvalue weighted by molar-refractivity contribution is 0.0876. The minimum atomic E-state index is -3.36. The molecule has 0 saturated heterocycles. The molecule has 0 bridgehead atoms. The van der Waals surface area contributed by atoms with Crippen molar-refractivity contribution in [3.8, 4) is 0 Å². The first-order chi connectivity index (χ1) is 10.8. The van der Waals surface area contributed by atoms with Gasteiger partial charge in [-0.25, -0.2) is 12.8 Å². The lowest BCUT2D eigenvalue weighted by Crippen LogP contribution is -2.27. The van der Waals surface area contributed by atoms with Gasteiger partial charge >= 0.3 is 0 Å². The van der Waals surface area contributed by atoms with Crippen molar-refractivity contribution in [2.24, 2.45) is 0 Å². The van der Waals surface area contributed by atoms with E-state index in [4.69, 9.17) is 4.74 Å². The molecule has 2 aromatic rings. The molecular formula is C17H20FNO3S. The number of hydrogen-bond donors (Lipinski definition) is 1. The van der Waals surface area contributed by atoms with Crippen LogP contribution in [0, 0.1) is 5.82 Å². The Balaban J connectivity index is 2.32. The van der Waals surface area contributed by atoms with Gasteiger partial charge in [0, 0.05) is 18.9 Å². The summed E-state index contributed by atoms with van der Waals surface area (Å²) in [4.78, 5) is 0.204. The summed E-state index contributed by atoms with van der Waals surface area (Å²) >= 11 is 0. The highest BCUT2D eigenvalue weighted by atomic mass is 32.2. The number of methoxy groups -OCH3 is 1. The number of rotatable bonds is 6. The summed E-state index contributed by atoms with van der Waals surface area (Å²) in [7, 11) is -1.86. The van der Waals surface area contributed by atoms with E-state index in [1.54, 1.807) is 36.4 Å². The summed E-state index contributed by atoms with van der Waals surface area (Å²) in [5.74, 6) is -0.357. The highest BCUT2D eigenvalue weighted by Crippen LogP contribution is 2.28. The fourth-order valence-electron chi connectivity index (χ4n) is 2.54. The van der Waals surface area contributed by atoms with Gasteiger partial charge in [0.15, 0.2) is 9.84 Å². The molecule has 0 saturated carbocycles. The number of benzene rings is 2. The highest BCUT2D eigenvalue weighted by Gasteiger charge is 2.23. The number of nitrogens with one attached hydrogen (secondary N) is 1. The standard InChI is InChI=1S/C17H20FNO3S/c1-12(17(22-2)13-8-4-5-9-14(13)18)19-15-10-6-7-11-16(15)23(3,20)21/h4-12,17,19H,1-3H3. The topological polar surface area (TPSA) is 55.4 Å². The largest absolute Gasteiger partial charge is 0.379 e. The molecule has 4 nitrogen and oxygen atoms in total. The van der Waals surface area contributed by atoms with E-state index in [0.717, 1.165) is 6.26 Å². The molecule has 124 valence electrons. The Morgan fingerprint density at radius 2 is 1.70 bits per heavy atom. The van der Waals surface area contributed by atoms with E-state index >= 15 is 0 Å². The van der Waals surface area contributed by atoms with E-state index in [2.05, 4.69) is 5.32 Å². The number of halogens is 1. The lowest BCUT2D eigenvalue weighted by Gasteiger charge is -2.26. The van der Waals surface area contributed by atoms with E-state index in [0.29, 0.717) is 11.3 Å². The molecule has 0 aromatic heterocycles. The van der Waals surface area contributed by atoms with Gasteiger partial charge in [-0.2, -0.15) is 0 Å². The molecular weight excluding hydrogens is 317 g/mol. The Hall–Kier alpha value is -1.92. The maximum absolute atomic E-state index is 14.0. The van der Waals surface area contributed by atoms with Crippen LogP contribution >= 0.6 is 0 Å². The van der Waals surface area contributed by atoms with E-state index in [9.17, 15) is 12.8 Å². The second-order valence-corrected chi connectivity index (χ2v) is 7.36. The Kier molecular flexibility index (Phi) is 5.38. The molecule has 2 aromatic carbocycles. The Bertz CT molecular complexity index is 777. The maximum Gasteiger partial charge on any atom is 0.177 e. The van der Waals surface area contributed by atoms with Crippen LogP contribution in [0.15, 0.2) is 53.4 Å². The summed E-state index contributed by atoms with van der Waals surface area (Å²) in [5.41, 5.74) is 0.896. The third-order valence-corrected chi connectivity index (χ3v) is 4.74. The summed E-state index contributed by atoms with van der Waals surface area (Å²) in [6.07, 6.45) is 0.604. The van der Waals surface area contributed by atoms with Crippen LogP contribution in [0.3, 0.4) is 0 Å². The third-order valence-electron chi connectivity index (χ3n) is 3.59. The first kappa shape index (κ1) is 17.4. The minimum Gasteiger partial charge on any atom is -0.379 e. The van der Waals surface area contributed by atoms with Crippen LogP contribution in [0.1, 0.15) is 18.6 Å². The number of ether oxygens (including phenoxy) is 1. The van der Waals surface area contributed by atoms with Gasteiger partial charge in [-0.15, -0.1) is 0 Å². The van der Waals surface area contributed by atoms with Gasteiger partial charge in [-0.3, -0.25) is 0 Å². The summed E-state index contributed by atoms with van der Waals surface area (Å²) < 4.78 is 43.2. The van der Waals surface area contributed by atoms with Gasteiger partial charge < -0.3 is 10.1 Å². The summed E-state index contributed by atoms with van der Waals surface area (Å²) in [5, 5.41) is 3.12. The molecule has 0 fully saturated rings. The van der Waals surface area contributed by atoms with Crippen molar-refractivity contribution in [1.82, 2.24) is 0 Å². The molecule has 0 aliphatic carbocycles. The number of anilines is 1. The van der Waals surface area contributed by atoms with Gasteiger partial charge in [0.1, 0.15) is 11.9 Å². The Morgan fingerprint density at radius 3 is 2.30 bits per heavy atom. The second-order valence-electron chi connectivity index (χ2n) is 5.38. The Morgan fingerprint density at radius 1 is 1.09 bits per heavy atom. The fraction of sp³-hybridized carbons (Fsp3) is 0.294. The average molecular weight is 337 g/mol. The van der Waals surface area contributed by atoms with Crippen LogP contribution in [-0.4, -0.2) is 27.8 Å². The van der Waals surface area contributed by atoms with Crippen molar-refractivity contribution in [2.45, 2.75) is 24.0 Å².